The summed E-state index contributed by atoms with van der Waals surface area (Å²) in [6.45, 7) is 1.64. The number of anilines is 2. The molecule has 0 spiro atoms. The van der Waals surface area contributed by atoms with Crippen LogP contribution in [0.3, 0.4) is 0 Å². The lowest BCUT2D eigenvalue weighted by atomic mass is 10.0. The Hall–Kier alpha value is -5.41. The van der Waals surface area contributed by atoms with Crippen LogP contribution in [0.4, 0.5) is 27.5 Å². The van der Waals surface area contributed by atoms with Gasteiger partial charge in [-0.25, -0.2) is 14.4 Å². The zero-order valence-electron chi connectivity index (χ0n) is 23.9. The molecule has 224 valence electrons. The van der Waals surface area contributed by atoms with E-state index >= 15 is 0 Å². The lowest BCUT2D eigenvalue weighted by Gasteiger charge is -2.13. The van der Waals surface area contributed by atoms with E-state index in [2.05, 4.69) is 20.6 Å². The number of carbonyl (C=O) groups is 1. The molecule has 1 amide bonds. The monoisotopic (exact) mass is 594 g/mol. The molecular weight excluding hydrogens is 564 g/mol. The minimum Gasteiger partial charge on any atom is -0.446 e. The van der Waals surface area contributed by atoms with Crippen molar-refractivity contribution in [1.29, 1.82) is 0 Å². The number of isocyanates is 2. The number of rotatable bonds is 15. The van der Waals surface area contributed by atoms with E-state index in [0.717, 1.165) is 34.4 Å². The summed E-state index contributed by atoms with van der Waals surface area (Å²) < 4.78 is 5.18. The maximum Gasteiger partial charge on any atom is 0.411 e. The van der Waals surface area contributed by atoms with Crippen LogP contribution in [0, 0.1) is 0 Å². The molecule has 0 aliphatic carbocycles. The van der Waals surface area contributed by atoms with Gasteiger partial charge < -0.3 is 10.1 Å². The predicted molar refractivity (Wildman–Crippen MR) is 163 cm³/mol. The molecule has 0 aliphatic heterocycles. The highest BCUT2D eigenvalue weighted by molar-refractivity contribution is 5.84. The van der Waals surface area contributed by atoms with E-state index in [-0.39, 0.29) is 13.3 Å². The van der Waals surface area contributed by atoms with Crippen LogP contribution in [0.15, 0.2) is 107 Å². The quantitative estimate of drug-likeness (QED) is 0.0388. The van der Waals surface area contributed by atoms with E-state index < -0.39 is 12.2 Å². The van der Waals surface area contributed by atoms with Gasteiger partial charge in [0.2, 0.25) is 12.2 Å². The lowest BCUT2D eigenvalue weighted by Crippen LogP contribution is -2.22. The summed E-state index contributed by atoms with van der Waals surface area (Å²) in [5.41, 5.74) is 6.86. The molecule has 0 heterocycles. The average molecular weight is 595 g/mol. The molecule has 1 unspecified atom stereocenters. The predicted octanol–water partition coefficient (Wildman–Crippen LogP) is 6.69. The second-order valence-corrected chi connectivity index (χ2v) is 9.62. The third-order valence-electron chi connectivity index (χ3n) is 6.23. The van der Waals surface area contributed by atoms with Crippen LogP contribution < -0.4 is 10.6 Å². The van der Waals surface area contributed by atoms with Gasteiger partial charge in [0, 0.05) is 11.4 Å². The number of hydrogen-bond donors (Lipinski definition) is 2. The fourth-order valence-corrected chi connectivity index (χ4v) is 4.01. The molecule has 0 radical (unpaired) electrons. The van der Waals surface area contributed by atoms with Gasteiger partial charge in [-0.05, 0) is 90.6 Å². The van der Waals surface area contributed by atoms with E-state index in [4.69, 9.17) is 19.6 Å². The van der Waals surface area contributed by atoms with Gasteiger partial charge in [-0.3, -0.25) is 5.32 Å². The molecule has 4 rings (SSSR count). The second-order valence-electron chi connectivity index (χ2n) is 9.62. The molecule has 0 bridgehead atoms. The number of nitrogens with one attached hydrogen (secondary N) is 2. The van der Waals surface area contributed by atoms with Crippen molar-refractivity contribution in [2.45, 2.75) is 25.9 Å². The largest absolute Gasteiger partial charge is 0.446 e. The Morgan fingerprint density at radius 3 is 1.64 bits per heavy atom. The summed E-state index contributed by atoms with van der Waals surface area (Å²) in [6.07, 6.45) is 3.26. The fraction of sp³-hybridized carbons (Fsp3) is 0.182. The number of ether oxygens (including phenoxy) is 1. The van der Waals surface area contributed by atoms with E-state index in [9.17, 15) is 14.4 Å². The van der Waals surface area contributed by atoms with Crippen molar-refractivity contribution in [3.05, 3.63) is 119 Å². The topological polar surface area (TPSA) is 137 Å². The Balaban J connectivity index is 1.07. The van der Waals surface area contributed by atoms with Crippen molar-refractivity contribution in [2.75, 3.05) is 24.0 Å². The van der Waals surface area contributed by atoms with Crippen molar-refractivity contribution in [1.82, 2.24) is 0 Å². The number of hydrogen-bond acceptors (Lipinski definition) is 10. The average Bonchev–Trinajstić information content (AvgIpc) is 3.04. The van der Waals surface area contributed by atoms with Crippen LogP contribution in [0.5, 0.6) is 0 Å². The minimum absolute atomic E-state index is 0.0299. The van der Waals surface area contributed by atoms with Gasteiger partial charge in [0.25, 0.3) is 0 Å². The summed E-state index contributed by atoms with van der Waals surface area (Å²) in [5, 5.41) is 10.5. The lowest BCUT2D eigenvalue weighted by molar-refractivity contribution is -0.523. The highest BCUT2D eigenvalue weighted by atomic mass is 17.5. The zero-order chi connectivity index (χ0) is 31.0. The van der Waals surface area contributed by atoms with E-state index in [1.807, 2.05) is 60.7 Å². The van der Waals surface area contributed by atoms with Crippen LogP contribution in [-0.4, -0.2) is 37.7 Å². The molecule has 0 aliphatic rings. The Kier molecular flexibility index (Phi) is 12.1. The Labute approximate surface area is 254 Å². The Morgan fingerprint density at radius 1 is 0.705 bits per heavy atom. The van der Waals surface area contributed by atoms with Crippen LogP contribution in [0.2, 0.25) is 0 Å². The second kappa shape index (κ2) is 16.9. The third-order valence-corrected chi connectivity index (χ3v) is 6.23. The van der Waals surface area contributed by atoms with Gasteiger partial charge in [-0.15, -0.1) is 0 Å². The fourth-order valence-electron chi connectivity index (χ4n) is 4.01. The molecule has 11 heteroatoms. The highest BCUT2D eigenvalue weighted by Crippen LogP contribution is 2.18. The summed E-state index contributed by atoms with van der Waals surface area (Å²) in [4.78, 5) is 50.1. The first-order chi connectivity index (χ1) is 21.5. The van der Waals surface area contributed by atoms with Crippen molar-refractivity contribution in [3.63, 3.8) is 0 Å². The Morgan fingerprint density at radius 2 is 1.16 bits per heavy atom. The summed E-state index contributed by atoms with van der Waals surface area (Å²) in [5.74, 6) is 0. The summed E-state index contributed by atoms with van der Waals surface area (Å²) in [6, 6.07) is 29.9. The van der Waals surface area contributed by atoms with Crippen molar-refractivity contribution in [2.24, 2.45) is 9.98 Å². The van der Waals surface area contributed by atoms with Gasteiger partial charge in [0.05, 0.1) is 11.4 Å². The number of amides is 1. The molecule has 0 saturated heterocycles. The first-order valence-electron chi connectivity index (χ1n) is 13.6. The molecular formula is C33H30N4O7. The smallest absolute Gasteiger partial charge is 0.411 e. The van der Waals surface area contributed by atoms with Gasteiger partial charge in [-0.1, -0.05) is 53.6 Å². The van der Waals surface area contributed by atoms with Crippen molar-refractivity contribution in [3.8, 4) is 0 Å². The van der Waals surface area contributed by atoms with Gasteiger partial charge >= 0.3 is 6.09 Å². The third kappa shape index (κ3) is 10.8. The number of aliphatic imine (C=N–C) groups is 2. The number of nitrogens with zero attached hydrogens (tertiary/aromatic N) is 2. The standard InChI is InChI=1S/C33H30N4O7/c1-24(20-41-33(40)37-32-16-8-28(9-17-32)19-26-4-12-30(13-5-26)35-22-39)43-44-42-23-36-31-14-6-27(7-15-31)18-25-2-10-29(11-3-25)34-21-38/h2-17,24,36H,18-20,23H2,1H3,(H,37,40). The molecule has 2 N–H and O–H groups in total. The van der Waals surface area contributed by atoms with Gasteiger partial charge in [-0.2, -0.15) is 19.8 Å². The molecule has 11 nitrogen and oxygen atoms in total. The van der Waals surface area contributed by atoms with E-state index in [1.165, 1.54) is 12.2 Å². The van der Waals surface area contributed by atoms with Crippen LogP contribution >= 0.6 is 0 Å². The molecule has 0 aromatic heterocycles. The zero-order valence-corrected chi connectivity index (χ0v) is 23.9. The summed E-state index contributed by atoms with van der Waals surface area (Å²) >= 11 is 0. The first-order valence-corrected chi connectivity index (χ1v) is 13.6. The maximum atomic E-state index is 12.2. The number of carbonyl (C=O) groups excluding carboxylic acids is 3. The molecule has 4 aromatic carbocycles. The van der Waals surface area contributed by atoms with Crippen LogP contribution in [0.25, 0.3) is 0 Å². The Bertz CT molecular complexity index is 1580. The van der Waals surface area contributed by atoms with E-state index in [0.29, 0.717) is 23.5 Å². The van der Waals surface area contributed by atoms with E-state index in [1.54, 1.807) is 43.3 Å². The normalized spacial score (nSPS) is 11.0. The number of benzene rings is 4. The van der Waals surface area contributed by atoms with Gasteiger partial charge in [0.15, 0.2) is 6.73 Å². The van der Waals surface area contributed by atoms with Crippen molar-refractivity contribution >= 4 is 41.0 Å². The molecule has 4 aromatic rings. The SMILES string of the molecule is CC(COC(=O)Nc1ccc(Cc2ccc(N=C=O)cc2)cc1)OOOCNc1ccc(Cc2ccc(N=C=O)cc2)cc1. The molecule has 44 heavy (non-hydrogen) atoms. The van der Waals surface area contributed by atoms with Gasteiger partial charge in [0.1, 0.15) is 12.7 Å². The van der Waals surface area contributed by atoms with Crippen LogP contribution in [-0.2, 0) is 42.0 Å². The first kappa shape index (κ1) is 31.5. The molecule has 0 fully saturated rings. The maximum absolute atomic E-state index is 12.2. The van der Waals surface area contributed by atoms with Crippen molar-refractivity contribution < 1.29 is 33.9 Å². The highest BCUT2D eigenvalue weighted by Gasteiger charge is 2.10. The summed E-state index contributed by atoms with van der Waals surface area (Å²) in [7, 11) is 0. The van der Waals surface area contributed by atoms with Crippen LogP contribution in [0.1, 0.15) is 29.2 Å². The molecule has 0 saturated carbocycles. The molecule has 1 atom stereocenters. The minimum atomic E-state index is -0.630.